The van der Waals surface area contributed by atoms with E-state index in [1.165, 1.54) is 0 Å². The average molecular weight is 224 g/mol. The lowest BCUT2D eigenvalue weighted by Crippen LogP contribution is -2.23. The summed E-state index contributed by atoms with van der Waals surface area (Å²) in [6.07, 6.45) is 6.17. The number of nitrogens with two attached hydrogens (primary N) is 1. The molecule has 0 atom stereocenters. The first-order valence-corrected chi connectivity index (χ1v) is 5.22. The van der Waals surface area contributed by atoms with Crippen LogP contribution in [-0.4, -0.2) is 29.9 Å². The molecule has 0 aliphatic carbocycles. The van der Waals surface area contributed by atoms with Gasteiger partial charge in [-0.15, -0.1) is 0 Å². The Hall–Kier alpha value is -1.78. The van der Waals surface area contributed by atoms with Gasteiger partial charge in [0, 0.05) is 18.3 Å². The second-order valence-corrected chi connectivity index (χ2v) is 3.40. The molecule has 5 nitrogen and oxygen atoms in total. The van der Waals surface area contributed by atoms with E-state index >= 15 is 0 Å². The Balaban J connectivity index is 2.43. The molecule has 88 valence electrons. The minimum absolute atomic E-state index is 0.240. The van der Waals surface area contributed by atoms with Crippen molar-refractivity contribution in [2.45, 2.75) is 19.8 Å². The van der Waals surface area contributed by atoms with Gasteiger partial charge in [-0.05, 0) is 19.5 Å². The van der Waals surface area contributed by atoms with Gasteiger partial charge >= 0.3 is 5.97 Å². The number of ether oxygens (including phenoxy) is 1. The average Bonchev–Trinajstić information content (AvgIpc) is 2.27. The fraction of sp³-hybridized carbons (Fsp3) is 0.455. The van der Waals surface area contributed by atoms with Crippen LogP contribution in [0.3, 0.4) is 0 Å². The van der Waals surface area contributed by atoms with Gasteiger partial charge in [0.05, 0.1) is 13.0 Å². The molecule has 0 saturated carbocycles. The molecule has 0 bridgehead atoms. The Morgan fingerprint density at radius 1 is 1.56 bits per heavy atom. The number of nitrogens with zero attached hydrogens (tertiary/aromatic N) is 1. The van der Waals surface area contributed by atoms with Crippen molar-refractivity contribution < 1.29 is 14.3 Å². The Labute approximate surface area is 94.5 Å². The topological polar surface area (TPSA) is 72.6 Å². The van der Waals surface area contributed by atoms with Gasteiger partial charge in [-0.3, -0.25) is 9.59 Å². The van der Waals surface area contributed by atoms with Crippen LogP contribution >= 0.6 is 0 Å². The first-order chi connectivity index (χ1) is 7.63. The van der Waals surface area contributed by atoms with E-state index in [4.69, 9.17) is 10.5 Å². The molecule has 1 amide bonds. The van der Waals surface area contributed by atoms with Crippen LogP contribution in [0.5, 0.6) is 0 Å². The summed E-state index contributed by atoms with van der Waals surface area (Å²) in [6, 6.07) is 0. The molecular weight excluding hydrogens is 208 g/mol. The normalized spacial score (nSPS) is 14.6. The van der Waals surface area contributed by atoms with Crippen molar-refractivity contribution >= 4 is 11.9 Å². The van der Waals surface area contributed by atoms with Gasteiger partial charge in [-0.2, -0.15) is 0 Å². The lowest BCUT2D eigenvalue weighted by Gasteiger charge is -2.19. The lowest BCUT2D eigenvalue weighted by molar-refractivity contribution is -0.143. The van der Waals surface area contributed by atoms with Crippen molar-refractivity contribution in [1.82, 2.24) is 4.90 Å². The molecule has 16 heavy (non-hydrogen) atoms. The standard InChI is InChI=1S/C11H16N2O3/c1-2-16-10(14)5-7-13-6-3-4-9(8-13)11(12)15/h3,6,8H,2,4-5,7H2,1H3,(H2,12,15). The Morgan fingerprint density at radius 2 is 2.31 bits per heavy atom. The van der Waals surface area contributed by atoms with Crippen molar-refractivity contribution in [3.63, 3.8) is 0 Å². The van der Waals surface area contributed by atoms with E-state index in [1.807, 2.05) is 12.3 Å². The minimum atomic E-state index is -0.425. The molecule has 1 aliphatic heterocycles. The van der Waals surface area contributed by atoms with Crippen molar-refractivity contribution in [3.05, 3.63) is 24.0 Å². The second-order valence-electron chi connectivity index (χ2n) is 3.40. The predicted molar refractivity (Wildman–Crippen MR) is 59.0 cm³/mol. The third-order valence-electron chi connectivity index (χ3n) is 2.15. The highest BCUT2D eigenvalue weighted by molar-refractivity contribution is 5.92. The molecule has 0 unspecified atom stereocenters. The number of hydrogen-bond donors (Lipinski definition) is 1. The number of amides is 1. The fourth-order valence-corrected chi connectivity index (χ4v) is 1.37. The summed E-state index contributed by atoms with van der Waals surface area (Å²) in [5, 5.41) is 0. The van der Waals surface area contributed by atoms with Crippen molar-refractivity contribution in [3.8, 4) is 0 Å². The summed E-state index contributed by atoms with van der Waals surface area (Å²) in [4.78, 5) is 23.8. The molecule has 2 N–H and O–H groups in total. The van der Waals surface area contributed by atoms with Gasteiger partial charge in [0.15, 0.2) is 0 Å². The number of allylic oxidation sites excluding steroid dienone is 1. The summed E-state index contributed by atoms with van der Waals surface area (Å²) in [5.41, 5.74) is 5.72. The van der Waals surface area contributed by atoms with Crippen LogP contribution in [0.2, 0.25) is 0 Å². The number of esters is 1. The molecule has 0 radical (unpaired) electrons. The SMILES string of the molecule is CCOC(=O)CCN1C=CCC(C(N)=O)=C1. The molecule has 5 heteroatoms. The van der Waals surface area contributed by atoms with E-state index in [9.17, 15) is 9.59 Å². The number of rotatable bonds is 5. The molecule has 0 saturated heterocycles. The van der Waals surface area contributed by atoms with Crippen LogP contribution in [0.1, 0.15) is 19.8 Å². The summed E-state index contributed by atoms with van der Waals surface area (Å²) >= 11 is 0. The monoisotopic (exact) mass is 224 g/mol. The number of primary amides is 1. The molecule has 1 heterocycles. The first-order valence-electron chi connectivity index (χ1n) is 5.22. The number of carbonyl (C=O) groups excluding carboxylic acids is 2. The van der Waals surface area contributed by atoms with Crippen molar-refractivity contribution in [1.29, 1.82) is 0 Å². The molecule has 0 spiro atoms. The largest absolute Gasteiger partial charge is 0.466 e. The molecule has 1 rings (SSSR count). The van der Waals surface area contributed by atoms with E-state index in [0.717, 1.165) is 0 Å². The molecule has 0 aromatic carbocycles. The highest BCUT2D eigenvalue weighted by Crippen LogP contribution is 2.11. The highest BCUT2D eigenvalue weighted by Gasteiger charge is 2.11. The van der Waals surface area contributed by atoms with Gasteiger partial charge in [-0.25, -0.2) is 0 Å². The quantitative estimate of drug-likeness (QED) is 0.691. The molecule has 0 aromatic rings. The minimum Gasteiger partial charge on any atom is -0.466 e. The fourth-order valence-electron chi connectivity index (χ4n) is 1.37. The molecular formula is C11H16N2O3. The van der Waals surface area contributed by atoms with Gasteiger partial charge in [-0.1, -0.05) is 6.08 Å². The van der Waals surface area contributed by atoms with Gasteiger partial charge < -0.3 is 15.4 Å². The maximum Gasteiger partial charge on any atom is 0.307 e. The lowest BCUT2D eigenvalue weighted by atomic mass is 10.1. The van der Waals surface area contributed by atoms with Gasteiger partial charge in [0.1, 0.15) is 0 Å². The summed E-state index contributed by atoms with van der Waals surface area (Å²) in [7, 11) is 0. The van der Waals surface area contributed by atoms with E-state index < -0.39 is 5.91 Å². The molecule has 0 aromatic heterocycles. The highest BCUT2D eigenvalue weighted by atomic mass is 16.5. The third kappa shape index (κ3) is 3.76. The zero-order valence-corrected chi connectivity index (χ0v) is 9.31. The smallest absolute Gasteiger partial charge is 0.307 e. The Morgan fingerprint density at radius 3 is 2.94 bits per heavy atom. The van der Waals surface area contributed by atoms with Crippen LogP contribution in [0, 0.1) is 0 Å². The van der Waals surface area contributed by atoms with Gasteiger partial charge in [0.25, 0.3) is 0 Å². The maximum absolute atomic E-state index is 11.1. The predicted octanol–water partition coefficient (Wildman–Crippen LogP) is 0.528. The van der Waals surface area contributed by atoms with E-state index in [0.29, 0.717) is 31.6 Å². The van der Waals surface area contributed by atoms with Crippen LogP contribution in [0.25, 0.3) is 0 Å². The molecule has 1 aliphatic rings. The Bertz CT molecular complexity index is 334. The van der Waals surface area contributed by atoms with Crippen LogP contribution in [-0.2, 0) is 14.3 Å². The van der Waals surface area contributed by atoms with Crippen LogP contribution < -0.4 is 5.73 Å². The Kier molecular flexibility index (Phi) is 4.57. The van der Waals surface area contributed by atoms with Crippen LogP contribution in [0.4, 0.5) is 0 Å². The van der Waals surface area contributed by atoms with Crippen molar-refractivity contribution in [2.24, 2.45) is 5.73 Å². The third-order valence-corrected chi connectivity index (χ3v) is 2.15. The maximum atomic E-state index is 11.1. The first kappa shape index (κ1) is 12.3. The van der Waals surface area contributed by atoms with E-state index in [2.05, 4.69) is 0 Å². The van der Waals surface area contributed by atoms with E-state index in [-0.39, 0.29) is 5.97 Å². The number of hydrogen-bond acceptors (Lipinski definition) is 4. The molecule has 0 fully saturated rings. The summed E-state index contributed by atoms with van der Waals surface area (Å²) in [5.74, 6) is -0.666. The number of carbonyl (C=O) groups is 2. The van der Waals surface area contributed by atoms with Crippen LogP contribution in [0.15, 0.2) is 24.0 Å². The summed E-state index contributed by atoms with van der Waals surface area (Å²) in [6.45, 7) is 2.65. The van der Waals surface area contributed by atoms with Gasteiger partial charge in [0.2, 0.25) is 5.91 Å². The second kappa shape index (κ2) is 5.95. The van der Waals surface area contributed by atoms with Crippen molar-refractivity contribution in [2.75, 3.05) is 13.2 Å². The summed E-state index contributed by atoms with van der Waals surface area (Å²) < 4.78 is 4.81. The zero-order valence-electron chi connectivity index (χ0n) is 9.31. The van der Waals surface area contributed by atoms with E-state index in [1.54, 1.807) is 18.0 Å². The zero-order chi connectivity index (χ0) is 12.0.